The highest BCUT2D eigenvalue weighted by atomic mass is 35.5. The van der Waals surface area contributed by atoms with Gasteiger partial charge in [-0.15, -0.1) is 0 Å². The van der Waals surface area contributed by atoms with Crippen molar-refractivity contribution in [3.8, 4) is 11.5 Å². The Labute approximate surface area is 113 Å². The Morgan fingerprint density at radius 3 is 2.39 bits per heavy atom. The normalized spacial score (nSPS) is 10.4. The number of halogens is 1. The number of rotatable bonds is 8. The zero-order valence-corrected chi connectivity index (χ0v) is 11.8. The molecular formula is C13H20ClNO3. The van der Waals surface area contributed by atoms with Gasteiger partial charge in [-0.25, -0.2) is 0 Å². The number of ether oxygens (including phenoxy) is 3. The van der Waals surface area contributed by atoms with E-state index in [2.05, 4.69) is 5.32 Å². The van der Waals surface area contributed by atoms with Crippen LogP contribution < -0.4 is 14.8 Å². The highest BCUT2D eigenvalue weighted by Gasteiger charge is 2.09. The average Bonchev–Trinajstić information content (AvgIpc) is 2.39. The molecule has 0 spiro atoms. The van der Waals surface area contributed by atoms with Crippen LogP contribution in [0.15, 0.2) is 12.1 Å². The van der Waals surface area contributed by atoms with E-state index >= 15 is 0 Å². The first-order valence-electron chi connectivity index (χ1n) is 5.85. The van der Waals surface area contributed by atoms with Crippen LogP contribution in [0.1, 0.15) is 5.56 Å². The maximum absolute atomic E-state index is 6.17. The van der Waals surface area contributed by atoms with Gasteiger partial charge >= 0.3 is 0 Å². The van der Waals surface area contributed by atoms with Crippen LogP contribution in [0, 0.1) is 0 Å². The lowest BCUT2D eigenvalue weighted by molar-refractivity contribution is 0.140. The van der Waals surface area contributed by atoms with Crippen molar-refractivity contribution in [2.45, 2.75) is 6.42 Å². The Morgan fingerprint density at radius 2 is 1.78 bits per heavy atom. The summed E-state index contributed by atoms with van der Waals surface area (Å²) in [6, 6.07) is 3.66. The Morgan fingerprint density at radius 1 is 1.11 bits per heavy atom. The lowest BCUT2D eigenvalue weighted by Gasteiger charge is -2.11. The molecule has 0 fully saturated rings. The summed E-state index contributed by atoms with van der Waals surface area (Å²) in [5.74, 6) is 1.33. The monoisotopic (exact) mass is 273 g/mol. The van der Waals surface area contributed by atoms with Gasteiger partial charge in [-0.2, -0.15) is 0 Å². The smallest absolute Gasteiger partial charge is 0.162 e. The minimum Gasteiger partial charge on any atom is -0.493 e. The van der Waals surface area contributed by atoms with E-state index in [1.807, 2.05) is 13.1 Å². The first-order chi connectivity index (χ1) is 8.72. The van der Waals surface area contributed by atoms with Crippen LogP contribution >= 0.6 is 11.6 Å². The van der Waals surface area contributed by atoms with Crippen LogP contribution in [0.4, 0.5) is 0 Å². The molecule has 5 heteroatoms. The van der Waals surface area contributed by atoms with Crippen LogP contribution in [0.3, 0.4) is 0 Å². The molecule has 18 heavy (non-hydrogen) atoms. The molecule has 1 N–H and O–H groups in total. The molecule has 1 aromatic carbocycles. The molecule has 0 unspecified atom stereocenters. The SMILES string of the molecule is CNCCOCCc1cc(OC)c(OC)cc1Cl. The summed E-state index contributed by atoms with van der Waals surface area (Å²) in [4.78, 5) is 0. The molecule has 0 bridgehead atoms. The molecule has 0 saturated carbocycles. The van der Waals surface area contributed by atoms with Gasteiger partial charge in [-0.3, -0.25) is 0 Å². The molecule has 1 aromatic rings. The van der Waals surface area contributed by atoms with Gasteiger partial charge in [-0.1, -0.05) is 11.6 Å². The van der Waals surface area contributed by atoms with E-state index in [-0.39, 0.29) is 0 Å². The molecule has 0 heterocycles. The molecule has 0 aliphatic carbocycles. The van der Waals surface area contributed by atoms with Crippen molar-refractivity contribution >= 4 is 11.6 Å². The third-order valence-corrected chi connectivity index (χ3v) is 2.92. The summed E-state index contributed by atoms with van der Waals surface area (Å²) in [6.07, 6.45) is 0.753. The molecular weight excluding hydrogens is 254 g/mol. The third-order valence-electron chi connectivity index (χ3n) is 2.56. The maximum atomic E-state index is 6.17. The number of nitrogens with one attached hydrogen (secondary N) is 1. The average molecular weight is 274 g/mol. The van der Waals surface area contributed by atoms with E-state index in [4.69, 9.17) is 25.8 Å². The van der Waals surface area contributed by atoms with E-state index in [0.29, 0.717) is 29.7 Å². The van der Waals surface area contributed by atoms with E-state index in [1.54, 1.807) is 20.3 Å². The summed E-state index contributed by atoms with van der Waals surface area (Å²) in [5, 5.41) is 3.69. The first-order valence-corrected chi connectivity index (χ1v) is 6.23. The van der Waals surface area contributed by atoms with Crippen LogP contribution in [0.5, 0.6) is 11.5 Å². The first kappa shape index (κ1) is 15.1. The molecule has 4 nitrogen and oxygen atoms in total. The highest BCUT2D eigenvalue weighted by molar-refractivity contribution is 6.31. The number of hydrogen-bond acceptors (Lipinski definition) is 4. The van der Waals surface area contributed by atoms with Crippen LogP contribution in [-0.4, -0.2) is 41.0 Å². The van der Waals surface area contributed by atoms with Gasteiger partial charge in [0.15, 0.2) is 11.5 Å². The van der Waals surface area contributed by atoms with E-state index < -0.39 is 0 Å². The molecule has 0 aromatic heterocycles. The van der Waals surface area contributed by atoms with Crippen LogP contribution in [-0.2, 0) is 11.2 Å². The van der Waals surface area contributed by atoms with Gasteiger partial charge in [-0.05, 0) is 25.1 Å². The fourth-order valence-electron chi connectivity index (χ4n) is 1.55. The van der Waals surface area contributed by atoms with Gasteiger partial charge < -0.3 is 19.5 Å². The van der Waals surface area contributed by atoms with Gasteiger partial charge in [0.25, 0.3) is 0 Å². The third kappa shape index (κ3) is 4.37. The Kier molecular flexibility index (Phi) is 6.86. The lowest BCUT2D eigenvalue weighted by Crippen LogP contribution is -2.15. The molecule has 0 atom stereocenters. The van der Waals surface area contributed by atoms with Gasteiger partial charge in [0.2, 0.25) is 0 Å². The highest BCUT2D eigenvalue weighted by Crippen LogP contribution is 2.33. The van der Waals surface area contributed by atoms with Crippen molar-refractivity contribution in [1.82, 2.24) is 5.32 Å². The van der Waals surface area contributed by atoms with Crippen molar-refractivity contribution in [3.63, 3.8) is 0 Å². The fourth-order valence-corrected chi connectivity index (χ4v) is 1.79. The largest absolute Gasteiger partial charge is 0.493 e. The minimum absolute atomic E-state index is 0.636. The second-order valence-electron chi connectivity index (χ2n) is 3.76. The molecule has 0 radical (unpaired) electrons. The Bertz CT molecular complexity index is 371. The second kappa shape index (κ2) is 8.19. The number of likely N-dealkylation sites (N-methyl/N-ethyl adjacent to an activating group) is 1. The maximum Gasteiger partial charge on any atom is 0.162 e. The van der Waals surface area contributed by atoms with E-state index in [9.17, 15) is 0 Å². The van der Waals surface area contributed by atoms with Gasteiger partial charge in [0, 0.05) is 17.6 Å². The second-order valence-corrected chi connectivity index (χ2v) is 4.17. The molecule has 102 valence electrons. The molecule has 0 amide bonds. The minimum atomic E-state index is 0.636. The van der Waals surface area contributed by atoms with Crippen LogP contribution in [0.25, 0.3) is 0 Å². The summed E-state index contributed by atoms with van der Waals surface area (Å²) >= 11 is 6.17. The predicted molar refractivity (Wildman–Crippen MR) is 73.0 cm³/mol. The zero-order valence-electron chi connectivity index (χ0n) is 11.1. The molecule has 0 aliphatic heterocycles. The standard InChI is InChI=1S/C13H20ClNO3/c1-15-5-7-18-6-4-10-8-12(16-2)13(17-3)9-11(10)14/h8-9,15H,4-7H2,1-3H3. The van der Waals surface area contributed by atoms with Crippen molar-refractivity contribution in [2.75, 3.05) is 41.0 Å². The summed E-state index contributed by atoms with van der Waals surface area (Å²) in [5.41, 5.74) is 0.999. The van der Waals surface area contributed by atoms with Crippen LogP contribution in [0.2, 0.25) is 5.02 Å². The van der Waals surface area contributed by atoms with E-state index in [1.165, 1.54) is 0 Å². The lowest BCUT2D eigenvalue weighted by atomic mass is 10.1. The van der Waals surface area contributed by atoms with E-state index in [0.717, 1.165) is 18.5 Å². The molecule has 0 aliphatic rings. The quantitative estimate of drug-likeness (QED) is 0.737. The topological polar surface area (TPSA) is 39.7 Å². The number of methoxy groups -OCH3 is 2. The molecule has 1 rings (SSSR count). The number of hydrogen-bond donors (Lipinski definition) is 1. The van der Waals surface area contributed by atoms with Gasteiger partial charge in [0.05, 0.1) is 27.4 Å². The zero-order chi connectivity index (χ0) is 13.4. The Hall–Kier alpha value is -0.970. The molecule has 0 saturated heterocycles. The van der Waals surface area contributed by atoms with Crippen molar-refractivity contribution in [2.24, 2.45) is 0 Å². The predicted octanol–water partition coefficient (Wildman–Crippen LogP) is 2.14. The summed E-state index contributed by atoms with van der Waals surface area (Å²) < 4.78 is 15.9. The summed E-state index contributed by atoms with van der Waals surface area (Å²) in [7, 11) is 5.10. The number of benzene rings is 1. The van der Waals surface area contributed by atoms with Crippen molar-refractivity contribution in [3.05, 3.63) is 22.7 Å². The Balaban J connectivity index is 2.59. The fraction of sp³-hybridized carbons (Fsp3) is 0.538. The van der Waals surface area contributed by atoms with Gasteiger partial charge in [0.1, 0.15) is 0 Å². The summed E-state index contributed by atoms with van der Waals surface area (Å²) in [6.45, 7) is 2.18. The van der Waals surface area contributed by atoms with Crippen molar-refractivity contribution < 1.29 is 14.2 Å². The van der Waals surface area contributed by atoms with Crippen molar-refractivity contribution in [1.29, 1.82) is 0 Å².